The normalized spacial score (nSPS) is 19.8. The highest BCUT2D eigenvalue weighted by molar-refractivity contribution is 5.94. The number of morpholine rings is 1. The zero-order chi connectivity index (χ0) is 19.8. The Morgan fingerprint density at radius 2 is 1.86 bits per heavy atom. The van der Waals surface area contributed by atoms with Crippen molar-refractivity contribution in [2.75, 3.05) is 13.1 Å². The maximum Gasteiger partial charge on any atom is 0.272 e. The first-order chi connectivity index (χ1) is 13.4. The number of hydrogen-bond donors (Lipinski definition) is 0. The summed E-state index contributed by atoms with van der Waals surface area (Å²) in [7, 11) is 0. The fourth-order valence-electron chi connectivity index (χ4n) is 3.72. The standard InChI is InChI=1S/C22H25N3O3/c1-14-7-8-15(2)19(10-14)25-20(11-18(23-25)21-6-5-9-27-21)22(26)24-12-16(3)28-17(4)13-24/h5-11,16-17H,12-13H2,1-4H3/t16-,17+. The van der Waals surface area contributed by atoms with E-state index in [0.29, 0.717) is 30.2 Å². The van der Waals surface area contributed by atoms with Crippen LogP contribution in [0.25, 0.3) is 17.1 Å². The molecular weight excluding hydrogens is 354 g/mol. The second-order valence-electron chi connectivity index (χ2n) is 7.56. The number of ether oxygens (including phenoxy) is 1. The molecule has 2 atom stereocenters. The summed E-state index contributed by atoms with van der Waals surface area (Å²) in [6, 6.07) is 11.6. The molecule has 0 radical (unpaired) electrons. The number of furan rings is 1. The van der Waals surface area contributed by atoms with Gasteiger partial charge in [-0.2, -0.15) is 5.10 Å². The lowest BCUT2D eigenvalue weighted by Gasteiger charge is -2.35. The molecule has 0 N–H and O–H groups in total. The predicted molar refractivity (Wildman–Crippen MR) is 107 cm³/mol. The van der Waals surface area contributed by atoms with E-state index in [1.807, 2.05) is 56.9 Å². The van der Waals surface area contributed by atoms with Crippen LogP contribution < -0.4 is 0 Å². The van der Waals surface area contributed by atoms with Gasteiger partial charge in [-0.1, -0.05) is 12.1 Å². The lowest BCUT2D eigenvalue weighted by atomic mass is 10.1. The third-order valence-electron chi connectivity index (χ3n) is 5.00. The number of benzene rings is 1. The zero-order valence-electron chi connectivity index (χ0n) is 16.7. The number of hydrogen-bond acceptors (Lipinski definition) is 4. The second-order valence-corrected chi connectivity index (χ2v) is 7.56. The van der Waals surface area contributed by atoms with Gasteiger partial charge in [-0.25, -0.2) is 4.68 Å². The number of carbonyl (C=O) groups excluding carboxylic acids is 1. The van der Waals surface area contributed by atoms with Gasteiger partial charge >= 0.3 is 0 Å². The van der Waals surface area contributed by atoms with Crippen LogP contribution in [0.5, 0.6) is 0 Å². The minimum absolute atomic E-state index is 0.00863. The highest BCUT2D eigenvalue weighted by Crippen LogP contribution is 2.26. The van der Waals surface area contributed by atoms with Crippen molar-refractivity contribution in [1.29, 1.82) is 0 Å². The summed E-state index contributed by atoms with van der Waals surface area (Å²) in [5.74, 6) is 0.593. The molecule has 4 rings (SSSR count). The number of nitrogens with zero attached hydrogens (tertiary/aromatic N) is 3. The van der Waals surface area contributed by atoms with Gasteiger partial charge in [0.1, 0.15) is 11.4 Å². The second kappa shape index (κ2) is 7.28. The van der Waals surface area contributed by atoms with E-state index in [2.05, 4.69) is 12.1 Å². The van der Waals surface area contributed by atoms with Gasteiger partial charge in [0.15, 0.2) is 5.76 Å². The molecule has 3 aromatic rings. The van der Waals surface area contributed by atoms with Crippen molar-refractivity contribution in [3.05, 3.63) is 59.5 Å². The fraction of sp³-hybridized carbons (Fsp3) is 0.364. The van der Waals surface area contributed by atoms with Crippen molar-refractivity contribution >= 4 is 5.91 Å². The Balaban J connectivity index is 1.81. The SMILES string of the molecule is Cc1ccc(C)c(-n2nc(-c3ccco3)cc2C(=O)N2C[C@@H](C)O[C@@H](C)C2)c1. The molecule has 1 aliphatic rings. The molecule has 0 bridgehead atoms. The van der Waals surface area contributed by atoms with Crippen molar-refractivity contribution < 1.29 is 13.9 Å². The summed E-state index contributed by atoms with van der Waals surface area (Å²) in [5, 5.41) is 4.72. The Kier molecular flexibility index (Phi) is 4.81. The molecule has 6 nitrogen and oxygen atoms in total. The molecule has 146 valence electrons. The van der Waals surface area contributed by atoms with Crippen molar-refractivity contribution in [3.63, 3.8) is 0 Å². The largest absolute Gasteiger partial charge is 0.463 e. The van der Waals surface area contributed by atoms with Crippen LogP contribution in [0, 0.1) is 13.8 Å². The van der Waals surface area contributed by atoms with Crippen LogP contribution in [-0.4, -0.2) is 45.9 Å². The van der Waals surface area contributed by atoms with Crippen LogP contribution in [0.4, 0.5) is 0 Å². The quantitative estimate of drug-likeness (QED) is 0.690. The van der Waals surface area contributed by atoms with E-state index in [9.17, 15) is 4.79 Å². The minimum Gasteiger partial charge on any atom is -0.463 e. The highest BCUT2D eigenvalue weighted by Gasteiger charge is 2.30. The van der Waals surface area contributed by atoms with E-state index >= 15 is 0 Å². The van der Waals surface area contributed by atoms with Crippen molar-refractivity contribution in [2.24, 2.45) is 0 Å². The first-order valence-corrected chi connectivity index (χ1v) is 9.58. The molecule has 28 heavy (non-hydrogen) atoms. The fourth-order valence-corrected chi connectivity index (χ4v) is 3.72. The maximum absolute atomic E-state index is 13.4. The molecule has 0 spiro atoms. The van der Waals surface area contributed by atoms with Gasteiger partial charge in [0, 0.05) is 19.2 Å². The summed E-state index contributed by atoms with van der Waals surface area (Å²) in [6.45, 7) is 9.18. The Bertz CT molecular complexity index is 981. The topological polar surface area (TPSA) is 60.5 Å². The molecule has 6 heteroatoms. The van der Waals surface area contributed by atoms with Gasteiger partial charge < -0.3 is 14.1 Å². The number of aryl methyl sites for hydroxylation is 2. The van der Waals surface area contributed by atoms with Gasteiger partial charge in [0.2, 0.25) is 0 Å². The van der Waals surface area contributed by atoms with Crippen molar-refractivity contribution in [1.82, 2.24) is 14.7 Å². The summed E-state index contributed by atoms with van der Waals surface area (Å²) in [4.78, 5) is 15.3. The number of amides is 1. The molecule has 1 aromatic carbocycles. The third-order valence-corrected chi connectivity index (χ3v) is 5.00. The molecule has 0 aliphatic carbocycles. The predicted octanol–water partition coefficient (Wildman–Crippen LogP) is 4.00. The van der Waals surface area contributed by atoms with Crippen LogP contribution in [0.3, 0.4) is 0 Å². The number of aromatic nitrogens is 2. The maximum atomic E-state index is 13.4. The molecule has 0 saturated carbocycles. The average Bonchev–Trinajstić information content (AvgIpc) is 3.31. The van der Waals surface area contributed by atoms with Gasteiger partial charge in [0.25, 0.3) is 5.91 Å². The molecular formula is C22H25N3O3. The Morgan fingerprint density at radius 1 is 1.11 bits per heavy atom. The Labute approximate surface area is 164 Å². The molecule has 3 heterocycles. The van der Waals surface area contributed by atoms with E-state index in [1.54, 1.807) is 10.9 Å². The molecule has 1 saturated heterocycles. The molecule has 1 fully saturated rings. The van der Waals surface area contributed by atoms with Crippen LogP contribution in [0.1, 0.15) is 35.5 Å². The lowest BCUT2D eigenvalue weighted by molar-refractivity contribution is -0.0588. The van der Waals surface area contributed by atoms with E-state index in [0.717, 1.165) is 16.8 Å². The third kappa shape index (κ3) is 3.47. The van der Waals surface area contributed by atoms with Gasteiger partial charge in [-0.15, -0.1) is 0 Å². The van der Waals surface area contributed by atoms with E-state index < -0.39 is 0 Å². The van der Waals surface area contributed by atoms with E-state index in [-0.39, 0.29) is 18.1 Å². The zero-order valence-corrected chi connectivity index (χ0v) is 16.7. The van der Waals surface area contributed by atoms with E-state index in [1.165, 1.54) is 0 Å². The molecule has 0 unspecified atom stereocenters. The monoisotopic (exact) mass is 379 g/mol. The van der Waals surface area contributed by atoms with E-state index in [4.69, 9.17) is 14.3 Å². The molecule has 2 aromatic heterocycles. The Hall–Kier alpha value is -2.86. The summed E-state index contributed by atoms with van der Waals surface area (Å²) in [5.41, 5.74) is 4.24. The van der Waals surface area contributed by atoms with Crippen molar-refractivity contribution in [2.45, 2.75) is 39.9 Å². The van der Waals surface area contributed by atoms with Gasteiger partial charge in [-0.3, -0.25) is 4.79 Å². The van der Waals surface area contributed by atoms with Crippen LogP contribution in [0.2, 0.25) is 0 Å². The van der Waals surface area contributed by atoms with Crippen molar-refractivity contribution in [3.8, 4) is 17.1 Å². The highest BCUT2D eigenvalue weighted by atomic mass is 16.5. The van der Waals surface area contributed by atoms with Crippen LogP contribution in [0.15, 0.2) is 47.1 Å². The summed E-state index contributed by atoms with van der Waals surface area (Å²) < 4.78 is 13.0. The first kappa shape index (κ1) is 18.5. The smallest absolute Gasteiger partial charge is 0.272 e. The number of rotatable bonds is 3. The molecule has 1 amide bonds. The minimum atomic E-state index is -0.0480. The first-order valence-electron chi connectivity index (χ1n) is 9.58. The average molecular weight is 379 g/mol. The Morgan fingerprint density at radius 3 is 2.54 bits per heavy atom. The lowest BCUT2D eigenvalue weighted by Crippen LogP contribution is -2.48. The molecule has 1 aliphatic heterocycles. The van der Waals surface area contributed by atoms with Crippen LogP contribution in [-0.2, 0) is 4.74 Å². The van der Waals surface area contributed by atoms with Crippen LogP contribution >= 0.6 is 0 Å². The summed E-state index contributed by atoms with van der Waals surface area (Å²) >= 11 is 0. The summed E-state index contributed by atoms with van der Waals surface area (Å²) in [6.07, 6.45) is 1.63. The van der Waals surface area contributed by atoms with Gasteiger partial charge in [-0.05, 0) is 57.0 Å². The number of carbonyl (C=O) groups is 1. The van der Waals surface area contributed by atoms with Gasteiger partial charge in [0.05, 0.1) is 24.2 Å².